The molecule has 234 valence electrons. The van der Waals surface area contributed by atoms with Gasteiger partial charge in [0.05, 0.1) is 11.0 Å². The molecule has 0 saturated heterocycles. The van der Waals surface area contributed by atoms with Crippen LogP contribution < -0.4 is 5.32 Å². The van der Waals surface area contributed by atoms with Crippen LogP contribution >= 0.6 is 0 Å². The van der Waals surface area contributed by atoms with Crippen LogP contribution in [0.1, 0.15) is 30.5 Å². The molecule has 2 heteroatoms. The van der Waals surface area contributed by atoms with Crippen LogP contribution in [-0.2, 0) is 5.41 Å². The minimum absolute atomic E-state index is 0.0212. The fourth-order valence-corrected chi connectivity index (χ4v) is 7.74. The number of fused-ring (bicyclic) bond motifs is 6. The molecule has 0 spiro atoms. The summed E-state index contributed by atoms with van der Waals surface area (Å²) >= 11 is 0. The largest absolute Gasteiger partial charge is 0.356 e. The van der Waals surface area contributed by atoms with Crippen molar-refractivity contribution < 1.29 is 0 Å². The molecule has 1 aliphatic carbocycles. The van der Waals surface area contributed by atoms with E-state index < -0.39 is 0 Å². The highest BCUT2D eigenvalue weighted by Gasteiger charge is 2.35. The quantitative estimate of drug-likeness (QED) is 0.194. The predicted molar refractivity (Wildman–Crippen MR) is 209 cm³/mol. The minimum Gasteiger partial charge on any atom is -0.356 e. The molecule has 2 nitrogen and oxygen atoms in total. The number of para-hydroxylation sites is 1. The number of hydrogen-bond acceptors (Lipinski definition) is 1. The van der Waals surface area contributed by atoms with Crippen molar-refractivity contribution in [3.63, 3.8) is 0 Å². The van der Waals surface area contributed by atoms with E-state index in [0.717, 1.165) is 22.6 Å². The summed E-state index contributed by atoms with van der Waals surface area (Å²) in [5, 5.41) is 6.15. The second-order valence-electron chi connectivity index (χ2n) is 13.6. The molecule has 0 radical (unpaired) electrons. The second-order valence-corrected chi connectivity index (χ2v) is 13.6. The van der Waals surface area contributed by atoms with E-state index in [-0.39, 0.29) is 5.41 Å². The Kier molecular flexibility index (Phi) is 6.67. The SMILES string of the molecule is C=Cc1ccc(-c2ccc3c(c2)c2cc(-c4ccc(Nc5ccc6c(c5)C(C)(C)c5ccccc5-6)cc4)ccc2n3-c2ccccc2)cc1. The third-order valence-corrected chi connectivity index (χ3v) is 10.3. The van der Waals surface area contributed by atoms with Gasteiger partial charge in [0.2, 0.25) is 0 Å². The number of hydrogen-bond donors (Lipinski definition) is 1. The first-order chi connectivity index (χ1) is 24.0. The van der Waals surface area contributed by atoms with Crippen LogP contribution in [0.15, 0.2) is 164 Å². The molecule has 0 saturated carbocycles. The Hall–Kier alpha value is -6.12. The van der Waals surface area contributed by atoms with Gasteiger partial charge in [-0.25, -0.2) is 0 Å². The zero-order valence-electron chi connectivity index (χ0n) is 27.7. The second kappa shape index (κ2) is 11.2. The summed E-state index contributed by atoms with van der Waals surface area (Å²) in [6, 6.07) is 57.4. The average molecular weight is 629 g/mol. The van der Waals surface area contributed by atoms with Gasteiger partial charge in [-0.05, 0) is 111 Å². The van der Waals surface area contributed by atoms with E-state index in [1.807, 2.05) is 6.08 Å². The molecule has 0 bridgehead atoms. The Bertz CT molecular complexity index is 2530. The molecule has 0 amide bonds. The van der Waals surface area contributed by atoms with Crippen molar-refractivity contribution in [1.29, 1.82) is 0 Å². The van der Waals surface area contributed by atoms with E-state index in [1.165, 1.54) is 66.3 Å². The Morgan fingerprint density at radius 2 is 1.06 bits per heavy atom. The first kappa shape index (κ1) is 29.1. The molecule has 0 atom stereocenters. The number of nitrogens with zero attached hydrogens (tertiary/aromatic N) is 1. The van der Waals surface area contributed by atoms with Crippen molar-refractivity contribution in [2.24, 2.45) is 0 Å². The van der Waals surface area contributed by atoms with E-state index in [4.69, 9.17) is 0 Å². The van der Waals surface area contributed by atoms with Gasteiger partial charge in [-0.1, -0.05) is 124 Å². The molecule has 49 heavy (non-hydrogen) atoms. The molecule has 9 rings (SSSR count). The number of benzene rings is 7. The Labute approximate surface area is 287 Å². The smallest absolute Gasteiger partial charge is 0.0541 e. The Morgan fingerprint density at radius 1 is 0.510 bits per heavy atom. The van der Waals surface area contributed by atoms with Crippen molar-refractivity contribution in [3.05, 3.63) is 181 Å². The van der Waals surface area contributed by atoms with Crippen LogP contribution in [0.4, 0.5) is 11.4 Å². The van der Waals surface area contributed by atoms with Crippen LogP contribution in [0.25, 0.3) is 66.9 Å². The number of aromatic nitrogens is 1. The third kappa shape index (κ3) is 4.79. The van der Waals surface area contributed by atoms with E-state index in [1.54, 1.807) is 0 Å². The molecule has 1 N–H and O–H groups in total. The summed E-state index contributed by atoms with van der Waals surface area (Å²) in [5.74, 6) is 0. The Morgan fingerprint density at radius 3 is 1.71 bits per heavy atom. The fraction of sp³-hybridized carbons (Fsp3) is 0.0638. The van der Waals surface area contributed by atoms with Crippen molar-refractivity contribution in [3.8, 4) is 39.1 Å². The summed E-state index contributed by atoms with van der Waals surface area (Å²) in [6.45, 7) is 8.56. The number of anilines is 2. The number of nitrogens with one attached hydrogen (secondary N) is 1. The standard InChI is InChI=1S/C47H36N2/c1-4-31-14-16-32(17-15-31)34-20-26-45-41(28-34)42-29-35(21-27-46(42)49(45)38-10-6-5-7-11-38)33-18-22-36(23-19-33)48-37-24-25-40-39-12-8-9-13-43(39)47(2,3)44(40)30-37/h4-30,48H,1H2,2-3H3. The fourth-order valence-electron chi connectivity index (χ4n) is 7.74. The lowest BCUT2D eigenvalue weighted by Gasteiger charge is -2.22. The lowest BCUT2D eigenvalue weighted by Crippen LogP contribution is -2.15. The molecular formula is C47H36N2. The maximum absolute atomic E-state index is 3.91. The van der Waals surface area contributed by atoms with Crippen LogP contribution in [-0.4, -0.2) is 4.57 Å². The topological polar surface area (TPSA) is 17.0 Å². The van der Waals surface area contributed by atoms with Crippen molar-refractivity contribution >= 4 is 39.3 Å². The highest BCUT2D eigenvalue weighted by atomic mass is 15.0. The molecule has 0 aliphatic heterocycles. The van der Waals surface area contributed by atoms with E-state index in [0.29, 0.717) is 0 Å². The summed E-state index contributed by atoms with van der Waals surface area (Å²) in [7, 11) is 0. The van der Waals surface area contributed by atoms with Gasteiger partial charge in [0.25, 0.3) is 0 Å². The average Bonchev–Trinajstić information content (AvgIpc) is 3.60. The van der Waals surface area contributed by atoms with Crippen LogP contribution in [0.5, 0.6) is 0 Å². The van der Waals surface area contributed by atoms with Gasteiger partial charge in [-0.2, -0.15) is 0 Å². The predicted octanol–water partition coefficient (Wildman–Crippen LogP) is 12.8. The van der Waals surface area contributed by atoms with Crippen molar-refractivity contribution in [1.82, 2.24) is 4.57 Å². The van der Waals surface area contributed by atoms with Crippen molar-refractivity contribution in [2.45, 2.75) is 19.3 Å². The normalized spacial score (nSPS) is 12.9. The van der Waals surface area contributed by atoms with Gasteiger partial charge in [-0.15, -0.1) is 0 Å². The minimum atomic E-state index is -0.0212. The maximum atomic E-state index is 3.91. The monoisotopic (exact) mass is 628 g/mol. The highest BCUT2D eigenvalue weighted by Crippen LogP contribution is 2.49. The molecule has 0 fully saturated rings. The van der Waals surface area contributed by atoms with E-state index >= 15 is 0 Å². The van der Waals surface area contributed by atoms with Crippen LogP contribution in [0.3, 0.4) is 0 Å². The first-order valence-electron chi connectivity index (χ1n) is 17.0. The number of rotatable bonds is 6. The molecule has 1 aliphatic rings. The Balaban J connectivity index is 1.07. The molecule has 1 aromatic heterocycles. The van der Waals surface area contributed by atoms with Gasteiger partial charge < -0.3 is 9.88 Å². The molecular weight excluding hydrogens is 593 g/mol. The van der Waals surface area contributed by atoms with Gasteiger partial charge in [0.1, 0.15) is 0 Å². The molecule has 8 aromatic rings. The van der Waals surface area contributed by atoms with Crippen LogP contribution in [0.2, 0.25) is 0 Å². The third-order valence-electron chi connectivity index (χ3n) is 10.3. The summed E-state index contributed by atoms with van der Waals surface area (Å²) in [4.78, 5) is 0. The van der Waals surface area contributed by atoms with E-state index in [9.17, 15) is 0 Å². The molecule has 1 heterocycles. The lowest BCUT2D eigenvalue weighted by atomic mass is 9.82. The zero-order chi connectivity index (χ0) is 33.1. The highest BCUT2D eigenvalue weighted by molar-refractivity contribution is 6.11. The van der Waals surface area contributed by atoms with Gasteiger partial charge in [-0.3, -0.25) is 0 Å². The first-order valence-corrected chi connectivity index (χ1v) is 17.0. The van der Waals surface area contributed by atoms with Crippen LogP contribution in [0, 0.1) is 0 Å². The van der Waals surface area contributed by atoms with E-state index in [2.05, 4.69) is 188 Å². The lowest BCUT2D eigenvalue weighted by molar-refractivity contribution is 0.660. The molecule has 7 aromatic carbocycles. The maximum Gasteiger partial charge on any atom is 0.0541 e. The summed E-state index contributed by atoms with van der Waals surface area (Å²) < 4.78 is 2.38. The van der Waals surface area contributed by atoms with Gasteiger partial charge in [0.15, 0.2) is 0 Å². The van der Waals surface area contributed by atoms with Gasteiger partial charge in [0, 0.05) is 33.2 Å². The summed E-state index contributed by atoms with van der Waals surface area (Å²) in [6.07, 6.45) is 1.89. The van der Waals surface area contributed by atoms with Gasteiger partial charge >= 0.3 is 0 Å². The zero-order valence-corrected chi connectivity index (χ0v) is 27.7. The summed E-state index contributed by atoms with van der Waals surface area (Å²) in [5.41, 5.74) is 17.1. The molecule has 0 unspecified atom stereocenters. The van der Waals surface area contributed by atoms with Crippen molar-refractivity contribution in [2.75, 3.05) is 5.32 Å².